The summed E-state index contributed by atoms with van der Waals surface area (Å²) in [7, 11) is 0. The Balaban J connectivity index is 2.51. The van der Waals surface area contributed by atoms with Gasteiger partial charge in [-0.25, -0.2) is 0 Å². The molecule has 0 aromatic heterocycles. The Morgan fingerprint density at radius 1 is 1.38 bits per heavy atom. The average molecular weight is 223 g/mol. The van der Waals surface area contributed by atoms with Gasteiger partial charge in [0.2, 0.25) is 0 Å². The van der Waals surface area contributed by atoms with Crippen molar-refractivity contribution >= 4 is 0 Å². The molecular formula is C15H29N. The van der Waals surface area contributed by atoms with Gasteiger partial charge in [0.1, 0.15) is 0 Å². The van der Waals surface area contributed by atoms with Gasteiger partial charge < -0.3 is 5.32 Å². The van der Waals surface area contributed by atoms with Gasteiger partial charge in [0.25, 0.3) is 0 Å². The molecule has 1 rings (SSSR count). The highest BCUT2D eigenvalue weighted by molar-refractivity contribution is 4.96. The van der Waals surface area contributed by atoms with E-state index in [0.29, 0.717) is 6.04 Å². The zero-order chi connectivity index (χ0) is 12.0. The Bertz CT molecular complexity index is 209. The standard InChI is InChI=1S/C15H29N/c1-5-13-8-7-9-14(11-13)15(16-6-2)10-12(3)4/h13-16H,3,5-11H2,1-2,4H3. The van der Waals surface area contributed by atoms with Crippen LogP contribution in [0.25, 0.3) is 0 Å². The molecule has 3 unspecified atom stereocenters. The number of hydrogen-bond donors (Lipinski definition) is 1. The summed E-state index contributed by atoms with van der Waals surface area (Å²) in [6, 6.07) is 0.678. The van der Waals surface area contributed by atoms with Gasteiger partial charge in [-0.15, -0.1) is 6.58 Å². The quantitative estimate of drug-likeness (QED) is 0.667. The van der Waals surface area contributed by atoms with Crippen LogP contribution in [0, 0.1) is 11.8 Å². The number of hydrogen-bond acceptors (Lipinski definition) is 1. The van der Waals surface area contributed by atoms with E-state index in [2.05, 4.69) is 32.7 Å². The van der Waals surface area contributed by atoms with E-state index in [1.807, 2.05) is 0 Å². The molecule has 1 heteroatoms. The molecule has 0 amide bonds. The van der Waals surface area contributed by atoms with Gasteiger partial charge in [0.05, 0.1) is 0 Å². The Hall–Kier alpha value is -0.300. The van der Waals surface area contributed by atoms with Crippen molar-refractivity contribution in [2.45, 2.75) is 65.3 Å². The number of rotatable bonds is 6. The molecule has 3 atom stereocenters. The molecule has 0 aromatic carbocycles. The molecule has 0 aliphatic heterocycles. The van der Waals surface area contributed by atoms with Crippen LogP contribution < -0.4 is 5.32 Å². The van der Waals surface area contributed by atoms with Gasteiger partial charge in [-0.1, -0.05) is 38.7 Å². The third-order valence-electron chi connectivity index (χ3n) is 4.00. The molecule has 94 valence electrons. The second kappa shape index (κ2) is 7.11. The minimum Gasteiger partial charge on any atom is -0.314 e. The van der Waals surface area contributed by atoms with Crippen molar-refractivity contribution in [3.8, 4) is 0 Å². The Kier molecular flexibility index (Phi) is 6.12. The summed E-state index contributed by atoms with van der Waals surface area (Å²) < 4.78 is 0. The summed E-state index contributed by atoms with van der Waals surface area (Å²) in [5.41, 5.74) is 1.32. The van der Waals surface area contributed by atoms with E-state index in [1.165, 1.54) is 37.7 Å². The first-order valence-corrected chi connectivity index (χ1v) is 7.05. The summed E-state index contributed by atoms with van der Waals surface area (Å²) in [5, 5.41) is 3.67. The molecule has 0 heterocycles. The molecule has 1 aliphatic rings. The van der Waals surface area contributed by atoms with Crippen LogP contribution in [-0.2, 0) is 0 Å². The monoisotopic (exact) mass is 223 g/mol. The maximum Gasteiger partial charge on any atom is 0.0132 e. The minimum atomic E-state index is 0.678. The molecular weight excluding hydrogens is 194 g/mol. The third-order valence-corrected chi connectivity index (χ3v) is 4.00. The third kappa shape index (κ3) is 4.29. The summed E-state index contributed by atoms with van der Waals surface area (Å²) in [4.78, 5) is 0. The van der Waals surface area contributed by atoms with E-state index in [1.54, 1.807) is 0 Å². The average Bonchev–Trinajstić information content (AvgIpc) is 2.28. The van der Waals surface area contributed by atoms with Crippen LogP contribution in [-0.4, -0.2) is 12.6 Å². The second-order valence-electron chi connectivity index (χ2n) is 5.53. The molecule has 16 heavy (non-hydrogen) atoms. The van der Waals surface area contributed by atoms with Gasteiger partial charge in [-0.3, -0.25) is 0 Å². The predicted molar refractivity (Wildman–Crippen MR) is 72.6 cm³/mol. The van der Waals surface area contributed by atoms with Crippen LogP contribution in [0.15, 0.2) is 12.2 Å². The Labute approximate surface area is 102 Å². The highest BCUT2D eigenvalue weighted by Gasteiger charge is 2.26. The van der Waals surface area contributed by atoms with Crippen LogP contribution in [0.5, 0.6) is 0 Å². The lowest BCUT2D eigenvalue weighted by Gasteiger charge is -2.35. The number of nitrogens with one attached hydrogen (secondary N) is 1. The normalized spacial score (nSPS) is 27.7. The molecule has 1 fully saturated rings. The largest absolute Gasteiger partial charge is 0.314 e. The first-order chi connectivity index (χ1) is 7.67. The molecule has 0 saturated heterocycles. The first kappa shape index (κ1) is 13.8. The Morgan fingerprint density at radius 2 is 2.12 bits per heavy atom. The van der Waals surface area contributed by atoms with Crippen molar-refractivity contribution < 1.29 is 0 Å². The zero-order valence-electron chi connectivity index (χ0n) is 11.4. The van der Waals surface area contributed by atoms with Crippen molar-refractivity contribution in [1.82, 2.24) is 5.32 Å². The SMILES string of the molecule is C=C(C)CC(NCC)C1CCCC(CC)C1. The Morgan fingerprint density at radius 3 is 2.69 bits per heavy atom. The lowest BCUT2D eigenvalue weighted by Crippen LogP contribution is -2.38. The predicted octanol–water partition coefficient (Wildman–Crippen LogP) is 4.15. The zero-order valence-corrected chi connectivity index (χ0v) is 11.4. The van der Waals surface area contributed by atoms with Gasteiger partial charge in [0.15, 0.2) is 0 Å². The minimum absolute atomic E-state index is 0.678. The van der Waals surface area contributed by atoms with Crippen LogP contribution in [0.2, 0.25) is 0 Å². The molecule has 1 nitrogen and oxygen atoms in total. The lowest BCUT2D eigenvalue weighted by atomic mass is 9.75. The van der Waals surface area contributed by atoms with Gasteiger partial charge in [-0.2, -0.15) is 0 Å². The summed E-state index contributed by atoms with van der Waals surface area (Å²) in [6.07, 6.45) is 8.26. The van der Waals surface area contributed by atoms with E-state index >= 15 is 0 Å². The van der Waals surface area contributed by atoms with Crippen LogP contribution in [0.4, 0.5) is 0 Å². The fourth-order valence-corrected chi connectivity index (χ4v) is 3.11. The maximum atomic E-state index is 4.07. The summed E-state index contributed by atoms with van der Waals surface area (Å²) in [5.74, 6) is 1.86. The van der Waals surface area contributed by atoms with E-state index < -0.39 is 0 Å². The van der Waals surface area contributed by atoms with Crippen molar-refractivity contribution in [1.29, 1.82) is 0 Å². The molecule has 0 aromatic rings. The first-order valence-electron chi connectivity index (χ1n) is 7.05. The van der Waals surface area contributed by atoms with Crippen molar-refractivity contribution in [3.05, 3.63) is 12.2 Å². The molecule has 0 bridgehead atoms. The van der Waals surface area contributed by atoms with E-state index in [-0.39, 0.29) is 0 Å². The fourth-order valence-electron chi connectivity index (χ4n) is 3.11. The molecule has 1 N–H and O–H groups in total. The van der Waals surface area contributed by atoms with Crippen molar-refractivity contribution in [3.63, 3.8) is 0 Å². The second-order valence-corrected chi connectivity index (χ2v) is 5.53. The molecule has 0 spiro atoms. The lowest BCUT2D eigenvalue weighted by molar-refractivity contribution is 0.208. The molecule has 1 aliphatic carbocycles. The van der Waals surface area contributed by atoms with Crippen molar-refractivity contribution in [2.24, 2.45) is 11.8 Å². The van der Waals surface area contributed by atoms with Crippen LogP contribution in [0.3, 0.4) is 0 Å². The molecule has 1 saturated carbocycles. The summed E-state index contributed by atoms with van der Waals surface area (Å²) in [6.45, 7) is 11.9. The maximum absolute atomic E-state index is 4.07. The summed E-state index contributed by atoms with van der Waals surface area (Å²) >= 11 is 0. The van der Waals surface area contributed by atoms with Crippen LogP contribution in [0.1, 0.15) is 59.3 Å². The molecule has 0 radical (unpaired) electrons. The van der Waals surface area contributed by atoms with Gasteiger partial charge in [0, 0.05) is 6.04 Å². The van der Waals surface area contributed by atoms with E-state index in [0.717, 1.165) is 24.8 Å². The van der Waals surface area contributed by atoms with Crippen molar-refractivity contribution in [2.75, 3.05) is 6.54 Å². The van der Waals surface area contributed by atoms with Crippen LogP contribution >= 0.6 is 0 Å². The van der Waals surface area contributed by atoms with E-state index in [4.69, 9.17) is 0 Å². The highest BCUT2D eigenvalue weighted by Crippen LogP contribution is 2.34. The van der Waals surface area contributed by atoms with Gasteiger partial charge >= 0.3 is 0 Å². The topological polar surface area (TPSA) is 12.0 Å². The fraction of sp³-hybridized carbons (Fsp3) is 0.867. The van der Waals surface area contributed by atoms with Gasteiger partial charge in [-0.05, 0) is 44.6 Å². The highest BCUT2D eigenvalue weighted by atomic mass is 14.9. The smallest absolute Gasteiger partial charge is 0.0132 e. The van der Waals surface area contributed by atoms with E-state index in [9.17, 15) is 0 Å².